The molecule has 0 aromatic carbocycles. The maximum Gasteiger partial charge on any atom is 0.0623 e. The smallest absolute Gasteiger partial charge is 0.0623 e. The van der Waals surface area contributed by atoms with Crippen molar-refractivity contribution in [2.75, 3.05) is 19.8 Å². The molecule has 3 heteroatoms. The predicted molar refractivity (Wildman–Crippen MR) is 66.5 cm³/mol. The van der Waals surface area contributed by atoms with Crippen molar-refractivity contribution in [3.63, 3.8) is 0 Å². The quantitative estimate of drug-likeness (QED) is 0.726. The first-order valence-corrected chi connectivity index (χ1v) is 6.90. The summed E-state index contributed by atoms with van der Waals surface area (Å²) in [4.78, 5) is 2.67. The van der Waals surface area contributed by atoms with E-state index < -0.39 is 0 Å². The highest BCUT2D eigenvalue weighted by atomic mass is 16.5. The lowest BCUT2D eigenvalue weighted by Gasteiger charge is -2.47. The van der Waals surface area contributed by atoms with Crippen LogP contribution < -0.4 is 5.73 Å². The maximum absolute atomic E-state index is 6.08. The van der Waals surface area contributed by atoms with Crippen LogP contribution in [0.15, 0.2) is 0 Å². The summed E-state index contributed by atoms with van der Waals surface area (Å²) in [5, 5.41) is 0. The van der Waals surface area contributed by atoms with Crippen LogP contribution in [0.25, 0.3) is 0 Å². The van der Waals surface area contributed by atoms with Gasteiger partial charge >= 0.3 is 0 Å². The van der Waals surface area contributed by atoms with E-state index in [1.54, 1.807) is 0 Å². The number of nitrogens with two attached hydrogens (primary N) is 1. The van der Waals surface area contributed by atoms with Gasteiger partial charge in [0, 0.05) is 18.1 Å². The summed E-state index contributed by atoms with van der Waals surface area (Å²) < 4.78 is 5.65. The lowest BCUT2D eigenvalue weighted by Crippen LogP contribution is -2.59. The minimum atomic E-state index is 0.408. The van der Waals surface area contributed by atoms with Crippen molar-refractivity contribution < 1.29 is 4.74 Å². The standard InChI is InChI=1S/C13H26N2O/c1-2-3-4-5-6-15-12-7-11(14)8-13(15)10-16-9-12/h11-13H,2-10,14H2,1H3. The van der Waals surface area contributed by atoms with Crippen LogP contribution in [-0.2, 0) is 4.74 Å². The molecule has 0 saturated carbocycles. The van der Waals surface area contributed by atoms with Crippen molar-refractivity contribution in [2.45, 2.75) is 63.6 Å². The molecule has 0 aromatic heterocycles. The Kier molecular flexibility index (Phi) is 4.62. The number of unbranched alkanes of at least 4 members (excludes halogenated alkanes) is 3. The average molecular weight is 226 g/mol. The Morgan fingerprint density at radius 1 is 1.12 bits per heavy atom. The van der Waals surface area contributed by atoms with Crippen molar-refractivity contribution in [2.24, 2.45) is 5.73 Å². The minimum Gasteiger partial charge on any atom is -0.378 e. The Morgan fingerprint density at radius 2 is 1.81 bits per heavy atom. The molecule has 2 heterocycles. The van der Waals surface area contributed by atoms with Crippen LogP contribution in [0.5, 0.6) is 0 Å². The first-order chi connectivity index (χ1) is 7.81. The Hall–Kier alpha value is -0.120. The number of morpholine rings is 1. The molecule has 3 nitrogen and oxygen atoms in total. The number of ether oxygens (including phenoxy) is 1. The molecule has 0 aliphatic carbocycles. The van der Waals surface area contributed by atoms with E-state index in [1.165, 1.54) is 32.2 Å². The predicted octanol–water partition coefficient (Wildman–Crippen LogP) is 1.76. The van der Waals surface area contributed by atoms with E-state index >= 15 is 0 Å². The number of hydrogen-bond donors (Lipinski definition) is 1. The second kappa shape index (κ2) is 5.99. The summed E-state index contributed by atoms with van der Waals surface area (Å²) in [6, 6.07) is 1.61. The van der Waals surface area contributed by atoms with Gasteiger partial charge in [0.05, 0.1) is 13.2 Å². The van der Waals surface area contributed by atoms with Gasteiger partial charge in [-0.25, -0.2) is 0 Å². The number of fused-ring (bicyclic) bond motifs is 2. The third-order valence-electron chi connectivity index (χ3n) is 3.98. The molecular weight excluding hydrogens is 200 g/mol. The molecule has 2 rings (SSSR count). The normalized spacial score (nSPS) is 35.2. The van der Waals surface area contributed by atoms with Crippen molar-refractivity contribution in [3.05, 3.63) is 0 Å². The summed E-state index contributed by atoms with van der Waals surface area (Å²) in [6.45, 7) is 5.32. The zero-order chi connectivity index (χ0) is 11.4. The van der Waals surface area contributed by atoms with Gasteiger partial charge in [-0.15, -0.1) is 0 Å². The molecular formula is C13H26N2O. The first-order valence-electron chi connectivity index (χ1n) is 6.90. The lowest BCUT2D eigenvalue weighted by molar-refractivity contribution is -0.0779. The van der Waals surface area contributed by atoms with Gasteiger partial charge in [0.25, 0.3) is 0 Å². The Morgan fingerprint density at radius 3 is 2.44 bits per heavy atom. The van der Waals surface area contributed by atoms with Crippen molar-refractivity contribution in [3.8, 4) is 0 Å². The first kappa shape index (κ1) is 12.3. The van der Waals surface area contributed by atoms with Crippen molar-refractivity contribution in [1.82, 2.24) is 4.90 Å². The second-order valence-corrected chi connectivity index (χ2v) is 5.38. The van der Waals surface area contributed by atoms with Crippen LogP contribution in [0.2, 0.25) is 0 Å². The summed E-state index contributed by atoms with van der Waals surface area (Å²) in [7, 11) is 0. The van der Waals surface area contributed by atoms with Crippen LogP contribution in [0.1, 0.15) is 45.4 Å². The molecule has 2 atom stereocenters. The molecule has 0 spiro atoms. The van der Waals surface area contributed by atoms with E-state index in [2.05, 4.69) is 11.8 Å². The number of hydrogen-bond acceptors (Lipinski definition) is 3. The van der Waals surface area contributed by atoms with Crippen LogP contribution in [-0.4, -0.2) is 42.8 Å². The van der Waals surface area contributed by atoms with E-state index in [0.717, 1.165) is 26.1 Å². The lowest BCUT2D eigenvalue weighted by atomic mass is 9.90. The van der Waals surface area contributed by atoms with Gasteiger partial charge in [0.15, 0.2) is 0 Å². The SMILES string of the molecule is CCCCCCN1C2COCC1CC(N)C2. The Balaban J connectivity index is 1.79. The van der Waals surface area contributed by atoms with Crippen molar-refractivity contribution in [1.29, 1.82) is 0 Å². The van der Waals surface area contributed by atoms with Gasteiger partial charge in [-0.3, -0.25) is 4.90 Å². The summed E-state index contributed by atoms with van der Waals surface area (Å²) >= 11 is 0. The zero-order valence-corrected chi connectivity index (χ0v) is 10.5. The molecule has 0 aromatic rings. The molecule has 0 amide bonds. The molecule has 2 fully saturated rings. The topological polar surface area (TPSA) is 38.5 Å². The number of piperidine rings is 1. The van der Waals surface area contributed by atoms with E-state index in [0.29, 0.717) is 18.1 Å². The molecule has 2 bridgehead atoms. The van der Waals surface area contributed by atoms with Crippen LogP contribution in [0.3, 0.4) is 0 Å². The highest BCUT2D eigenvalue weighted by molar-refractivity contribution is 4.92. The minimum absolute atomic E-state index is 0.408. The summed E-state index contributed by atoms with van der Waals surface area (Å²) in [5.74, 6) is 0. The molecule has 0 radical (unpaired) electrons. The van der Waals surface area contributed by atoms with Crippen LogP contribution >= 0.6 is 0 Å². The monoisotopic (exact) mass is 226 g/mol. The van der Waals surface area contributed by atoms with Crippen molar-refractivity contribution >= 4 is 0 Å². The Labute approximate surface area is 99.3 Å². The zero-order valence-electron chi connectivity index (χ0n) is 10.5. The maximum atomic E-state index is 6.08. The van der Waals surface area contributed by atoms with Gasteiger partial charge in [-0.05, 0) is 25.8 Å². The van der Waals surface area contributed by atoms with E-state index in [9.17, 15) is 0 Å². The molecule has 2 N–H and O–H groups in total. The highest BCUT2D eigenvalue weighted by Crippen LogP contribution is 2.27. The summed E-state index contributed by atoms with van der Waals surface area (Å²) in [5.41, 5.74) is 6.08. The average Bonchev–Trinajstić information content (AvgIpc) is 2.25. The van der Waals surface area contributed by atoms with Gasteiger partial charge in [0.1, 0.15) is 0 Å². The molecule has 16 heavy (non-hydrogen) atoms. The molecule has 94 valence electrons. The van der Waals surface area contributed by atoms with E-state index in [1.807, 2.05) is 0 Å². The van der Waals surface area contributed by atoms with E-state index in [-0.39, 0.29) is 0 Å². The highest BCUT2D eigenvalue weighted by Gasteiger charge is 2.37. The molecule has 2 aliphatic heterocycles. The third kappa shape index (κ3) is 2.96. The second-order valence-electron chi connectivity index (χ2n) is 5.38. The largest absolute Gasteiger partial charge is 0.378 e. The molecule has 2 unspecified atom stereocenters. The van der Waals surface area contributed by atoms with Crippen LogP contribution in [0.4, 0.5) is 0 Å². The molecule has 2 saturated heterocycles. The van der Waals surface area contributed by atoms with Gasteiger partial charge < -0.3 is 10.5 Å². The fourth-order valence-corrected chi connectivity index (χ4v) is 3.12. The fraction of sp³-hybridized carbons (Fsp3) is 1.00. The Bertz CT molecular complexity index is 196. The third-order valence-corrected chi connectivity index (χ3v) is 3.98. The number of rotatable bonds is 5. The van der Waals surface area contributed by atoms with Gasteiger partial charge in [-0.2, -0.15) is 0 Å². The number of nitrogens with zero attached hydrogens (tertiary/aromatic N) is 1. The van der Waals surface area contributed by atoms with Gasteiger partial charge in [0.2, 0.25) is 0 Å². The summed E-state index contributed by atoms with van der Waals surface area (Å²) in [6.07, 6.45) is 7.67. The van der Waals surface area contributed by atoms with Gasteiger partial charge in [-0.1, -0.05) is 26.2 Å². The molecule has 2 aliphatic rings. The van der Waals surface area contributed by atoms with E-state index in [4.69, 9.17) is 10.5 Å². The van der Waals surface area contributed by atoms with Crippen LogP contribution in [0, 0.1) is 0 Å². The fourth-order valence-electron chi connectivity index (χ4n) is 3.12.